The molecular weight excluding hydrogens is 278 g/mol. The highest BCUT2D eigenvalue weighted by atomic mass is 32.1. The van der Waals surface area contributed by atoms with Gasteiger partial charge in [-0.25, -0.2) is 4.98 Å². The fourth-order valence-electron chi connectivity index (χ4n) is 2.39. The first kappa shape index (κ1) is 14.0. The minimum absolute atomic E-state index is 0.793. The normalized spacial score (nSPS) is 11.1. The molecule has 1 heterocycles. The molecule has 0 spiro atoms. The number of aromatic nitrogens is 1. The predicted molar refractivity (Wildman–Crippen MR) is 90.6 cm³/mol. The number of hydrogen-bond acceptors (Lipinski definition) is 4. The van der Waals surface area contributed by atoms with E-state index < -0.39 is 0 Å². The van der Waals surface area contributed by atoms with E-state index in [4.69, 9.17) is 5.73 Å². The van der Waals surface area contributed by atoms with Crippen molar-refractivity contribution in [1.82, 2.24) is 10.3 Å². The number of anilines is 1. The zero-order valence-corrected chi connectivity index (χ0v) is 12.9. The molecule has 2 aromatic carbocycles. The third kappa shape index (κ3) is 3.40. The first-order valence-corrected chi connectivity index (χ1v) is 7.99. The van der Waals surface area contributed by atoms with Gasteiger partial charge in [0, 0.05) is 36.3 Å². The molecule has 3 nitrogen and oxygen atoms in total. The van der Waals surface area contributed by atoms with Gasteiger partial charge in [-0.3, -0.25) is 0 Å². The van der Waals surface area contributed by atoms with Crippen molar-refractivity contribution in [3.8, 4) is 0 Å². The Hall–Kier alpha value is -1.91. The summed E-state index contributed by atoms with van der Waals surface area (Å²) in [5.41, 5.74) is 9.25. The van der Waals surface area contributed by atoms with Gasteiger partial charge in [-0.1, -0.05) is 24.3 Å². The molecule has 0 saturated carbocycles. The lowest BCUT2D eigenvalue weighted by atomic mass is 10.1. The van der Waals surface area contributed by atoms with Crippen molar-refractivity contribution >= 4 is 27.8 Å². The number of rotatable bonds is 5. The summed E-state index contributed by atoms with van der Waals surface area (Å²) in [5, 5.41) is 9.16. The van der Waals surface area contributed by atoms with Crippen molar-refractivity contribution in [2.45, 2.75) is 19.9 Å². The summed E-state index contributed by atoms with van der Waals surface area (Å²) < 4.78 is 0. The number of nitrogen functional groups attached to an aromatic ring is 1. The van der Waals surface area contributed by atoms with Crippen LogP contribution in [0.4, 0.5) is 5.69 Å². The van der Waals surface area contributed by atoms with Gasteiger partial charge < -0.3 is 11.1 Å². The van der Waals surface area contributed by atoms with E-state index >= 15 is 0 Å². The fourth-order valence-corrected chi connectivity index (χ4v) is 3.17. The van der Waals surface area contributed by atoms with Gasteiger partial charge in [-0.15, -0.1) is 11.3 Å². The largest absolute Gasteiger partial charge is 0.398 e. The maximum absolute atomic E-state index is 6.13. The molecule has 3 rings (SSSR count). The van der Waals surface area contributed by atoms with E-state index in [-0.39, 0.29) is 0 Å². The number of thiazole rings is 1. The number of fused-ring (bicyclic) bond motifs is 1. The van der Waals surface area contributed by atoms with Crippen molar-refractivity contribution in [1.29, 1.82) is 0 Å². The number of nitrogens with one attached hydrogen (secondary N) is 1. The molecule has 1 aromatic heterocycles. The third-order valence-corrected chi connectivity index (χ3v) is 4.53. The molecule has 0 bridgehead atoms. The minimum Gasteiger partial charge on any atom is -0.398 e. The van der Waals surface area contributed by atoms with Crippen molar-refractivity contribution in [2.75, 3.05) is 12.3 Å². The quantitative estimate of drug-likeness (QED) is 0.559. The topological polar surface area (TPSA) is 50.9 Å². The molecule has 108 valence electrons. The molecule has 0 unspecified atom stereocenters. The maximum Gasteiger partial charge on any atom is 0.0940 e. The minimum atomic E-state index is 0.793. The average molecular weight is 297 g/mol. The molecule has 0 aliphatic heterocycles. The molecule has 0 saturated heterocycles. The van der Waals surface area contributed by atoms with Crippen LogP contribution in [0, 0.1) is 6.92 Å². The number of benzene rings is 2. The summed E-state index contributed by atoms with van der Waals surface area (Å²) in [7, 11) is 0. The van der Waals surface area contributed by atoms with E-state index in [1.54, 1.807) is 11.3 Å². The Morgan fingerprint density at radius 1 is 1.19 bits per heavy atom. The van der Waals surface area contributed by atoms with Crippen LogP contribution in [0.5, 0.6) is 0 Å². The summed E-state index contributed by atoms with van der Waals surface area (Å²) in [6.45, 7) is 3.74. The van der Waals surface area contributed by atoms with Crippen LogP contribution in [0.25, 0.3) is 10.8 Å². The van der Waals surface area contributed by atoms with Gasteiger partial charge in [-0.2, -0.15) is 0 Å². The Balaban J connectivity index is 1.61. The molecule has 3 aromatic rings. The molecule has 0 radical (unpaired) electrons. The average Bonchev–Trinajstić information content (AvgIpc) is 2.89. The van der Waals surface area contributed by atoms with Gasteiger partial charge in [0.1, 0.15) is 0 Å². The standard InChI is InChI=1S/C17H19N3S/c1-12-11-21-17(20-12)6-7-19-10-15-8-13-4-2-3-5-14(13)9-16(15)18/h2-5,8-9,11,19H,6-7,10,18H2,1H3. The predicted octanol–water partition coefficient (Wildman–Crippen LogP) is 3.52. The Morgan fingerprint density at radius 3 is 2.67 bits per heavy atom. The molecule has 0 aliphatic rings. The Morgan fingerprint density at radius 2 is 1.95 bits per heavy atom. The summed E-state index contributed by atoms with van der Waals surface area (Å²) in [5.74, 6) is 0. The van der Waals surface area contributed by atoms with Crippen molar-refractivity contribution in [2.24, 2.45) is 0 Å². The molecule has 0 aliphatic carbocycles. The summed E-state index contributed by atoms with van der Waals surface area (Å²) in [4.78, 5) is 4.47. The molecule has 0 fully saturated rings. The first-order chi connectivity index (χ1) is 10.2. The second-order valence-corrected chi connectivity index (χ2v) is 6.15. The van der Waals surface area contributed by atoms with E-state index in [0.29, 0.717) is 0 Å². The maximum atomic E-state index is 6.13. The molecule has 0 amide bonds. The van der Waals surface area contributed by atoms with Crippen LogP contribution in [0.1, 0.15) is 16.3 Å². The van der Waals surface area contributed by atoms with Crippen LogP contribution in [0.3, 0.4) is 0 Å². The zero-order chi connectivity index (χ0) is 14.7. The van der Waals surface area contributed by atoms with Gasteiger partial charge in [0.15, 0.2) is 0 Å². The lowest BCUT2D eigenvalue weighted by Crippen LogP contribution is -2.17. The summed E-state index contributed by atoms with van der Waals surface area (Å²) in [6.07, 6.45) is 0.964. The fraction of sp³-hybridized carbons (Fsp3) is 0.235. The molecule has 3 N–H and O–H groups in total. The van der Waals surface area contributed by atoms with E-state index in [9.17, 15) is 0 Å². The lowest BCUT2D eigenvalue weighted by Gasteiger charge is -2.09. The van der Waals surface area contributed by atoms with Crippen molar-refractivity contribution < 1.29 is 0 Å². The highest BCUT2D eigenvalue weighted by molar-refractivity contribution is 7.09. The van der Waals surface area contributed by atoms with Crippen LogP contribution in [0.15, 0.2) is 41.8 Å². The van der Waals surface area contributed by atoms with Crippen LogP contribution in [-0.4, -0.2) is 11.5 Å². The second kappa shape index (κ2) is 6.24. The molecule has 0 atom stereocenters. The Labute approximate surface area is 128 Å². The first-order valence-electron chi connectivity index (χ1n) is 7.11. The number of hydrogen-bond donors (Lipinski definition) is 2. The zero-order valence-electron chi connectivity index (χ0n) is 12.1. The van der Waals surface area contributed by atoms with Gasteiger partial charge in [0.2, 0.25) is 0 Å². The van der Waals surface area contributed by atoms with E-state index in [0.717, 1.165) is 36.5 Å². The highest BCUT2D eigenvalue weighted by Crippen LogP contribution is 2.21. The van der Waals surface area contributed by atoms with Crippen LogP contribution in [0.2, 0.25) is 0 Å². The van der Waals surface area contributed by atoms with E-state index in [2.05, 4.69) is 46.0 Å². The lowest BCUT2D eigenvalue weighted by molar-refractivity contribution is 0.686. The SMILES string of the molecule is Cc1csc(CCNCc2cc3ccccc3cc2N)n1. The second-order valence-electron chi connectivity index (χ2n) is 5.21. The van der Waals surface area contributed by atoms with E-state index in [1.165, 1.54) is 15.8 Å². The number of nitrogens with zero attached hydrogens (tertiary/aromatic N) is 1. The third-order valence-electron chi connectivity index (χ3n) is 3.51. The summed E-state index contributed by atoms with van der Waals surface area (Å²) >= 11 is 1.73. The molecular formula is C17H19N3S. The Bertz CT molecular complexity index is 749. The smallest absolute Gasteiger partial charge is 0.0940 e. The van der Waals surface area contributed by atoms with Crippen LogP contribution < -0.4 is 11.1 Å². The summed E-state index contributed by atoms with van der Waals surface area (Å²) in [6, 6.07) is 12.5. The van der Waals surface area contributed by atoms with Crippen molar-refractivity contribution in [3.63, 3.8) is 0 Å². The van der Waals surface area contributed by atoms with Gasteiger partial charge in [-0.05, 0) is 35.4 Å². The number of nitrogens with two attached hydrogens (primary N) is 1. The van der Waals surface area contributed by atoms with Crippen LogP contribution in [-0.2, 0) is 13.0 Å². The van der Waals surface area contributed by atoms with Crippen molar-refractivity contribution in [3.05, 3.63) is 58.0 Å². The number of aryl methyl sites for hydroxylation is 1. The van der Waals surface area contributed by atoms with Gasteiger partial charge in [0.05, 0.1) is 5.01 Å². The van der Waals surface area contributed by atoms with Gasteiger partial charge >= 0.3 is 0 Å². The molecule has 21 heavy (non-hydrogen) atoms. The van der Waals surface area contributed by atoms with E-state index in [1.807, 2.05) is 13.0 Å². The highest BCUT2D eigenvalue weighted by Gasteiger charge is 2.03. The van der Waals surface area contributed by atoms with Gasteiger partial charge in [0.25, 0.3) is 0 Å². The molecule has 4 heteroatoms. The van der Waals surface area contributed by atoms with Crippen LogP contribution >= 0.6 is 11.3 Å². The monoisotopic (exact) mass is 297 g/mol. The Kier molecular flexibility index (Phi) is 4.18.